The first kappa shape index (κ1) is 17.7. The molecule has 132 valence electrons. The third-order valence-corrected chi connectivity index (χ3v) is 5.06. The highest BCUT2D eigenvalue weighted by Gasteiger charge is 2.39. The summed E-state index contributed by atoms with van der Waals surface area (Å²) in [5.74, 6) is 0.601. The van der Waals surface area contributed by atoms with Gasteiger partial charge in [0.1, 0.15) is 0 Å². The van der Waals surface area contributed by atoms with Gasteiger partial charge in [0.2, 0.25) is 5.91 Å². The quantitative estimate of drug-likeness (QED) is 0.897. The van der Waals surface area contributed by atoms with Crippen molar-refractivity contribution < 1.29 is 4.79 Å². The van der Waals surface area contributed by atoms with Crippen LogP contribution in [0.15, 0.2) is 48.5 Å². The number of rotatable bonds is 4. The second kappa shape index (κ2) is 7.01. The lowest BCUT2D eigenvalue weighted by Gasteiger charge is -2.46. The van der Waals surface area contributed by atoms with E-state index >= 15 is 0 Å². The van der Waals surface area contributed by atoms with Crippen molar-refractivity contribution in [1.29, 1.82) is 0 Å². The van der Waals surface area contributed by atoms with E-state index < -0.39 is 0 Å². The van der Waals surface area contributed by atoms with Crippen LogP contribution in [0.1, 0.15) is 49.8 Å². The molecule has 0 bridgehead atoms. The van der Waals surface area contributed by atoms with Gasteiger partial charge in [-0.1, -0.05) is 55.0 Å². The molecule has 1 aliphatic heterocycles. The summed E-state index contributed by atoms with van der Waals surface area (Å²) < 4.78 is 0. The number of carbonyl (C=O) groups is 1. The van der Waals surface area contributed by atoms with E-state index in [-0.39, 0.29) is 11.4 Å². The average Bonchev–Trinajstić information content (AvgIpc) is 2.56. The lowest BCUT2D eigenvalue weighted by atomic mass is 9.79. The van der Waals surface area contributed by atoms with Gasteiger partial charge >= 0.3 is 0 Å². The minimum absolute atomic E-state index is 0.137. The number of amides is 1. The fourth-order valence-electron chi connectivity index (χ4n) is 4.01. The molecule has 3 heteroatoms. The highest BCUT2D eigenvalue weighted by molar-refractivity contribution is 5.97. The van der Waals surface area contributed by atoms with Gasteiger partial charge in [-0.25, -0.2) is 0 Å². The van der Waals surface area contributed by atoms with Crippen molar-refractivity contribution in [3.8, 4) is 0 Å². The Bertz CT molecular complexity index is 752. The van der Waals surface area contributed by atoms with Gasteiger partial charge in [0.05, 0.1) is 6.54 Å². The number of hydrogen-bond donors (Lipinski definition) is 1. The number of benzene rings is 2. The van der Waals surface area contributed by atoms with Crippen LogP contribution < -0.4 is 10.2 Å². The van der Waals surface area contributed by atoms with Crippen LogP contribution >= 0.6 is 0 Å². The lowest BCUT2D eigenvalue weighted by Crippen LogP contribution is -2.54. The predicted molar refractivity (Wildman–Crippen MR) is 104 cm³/mol. The van der Waals surface area contributed by atoms with E-state index in [1.54, 1.807) is 0 Å². The molecule has 1 atom stereocenters. The van der Waals surface area contributed by atoms with E-state index in [9.17, 15) is 4.79 Å². The van der Waals surface area contributed by atoms with E-state index in [1.165, 1.54) is 16.7 Å². The van der Waals surface area contributed by atoms with Crippen LogP contribution in [0.2, 0.25) is 0 Å². The summed E-state index contributed by atoms with van der Waals surface area (Å²) in [5, 5.41) is 3.30. The number of aryl methyl sites for hydroxylation is 1. The zero-order valence-electron chi connectivity index (χ0n) is 15.7. The Labute approximate surface area is 151 Å². The molecule has 25 heavy (non-hydrogen) atoms. The Kier molecular flexibility index (Phi) is 4.96. The van der Waals surface area contributed by atoms with Gasteiger partial charge in [0.25, 0.3) is 0 Å². The Morgan fingerprint density at radius 2 is 1.92 bits per heavy atom. The maximum atomic E-state index is 13.0. The van der Waals surface area contributed by atoms with Crippen molar-refractivity contribution in [2.24, 2.45) is 0 Å². The zero-order valence-corrected chi connectivity index (χ0v) is 15.7. The maximum Gasteiger partial charge on any atom is 0.241 e. The standard InChI is InChI=1S/C22H28N2O/c1-16-10-11-20-19(12-16)17(2)13-22(3,4)24(20)21(25)15-23-14-18-8-6-5-7-9-18/h5-12,17,23H,13-15H2,1-4H3. The normalized spacial score (nSPS) is 18.7. The Hall–Kier alpha value is -2.13. The van der Waals surface area contributed by atoms with Crippen LogP contribution in [0.5, 0.6) is 0 Å². The van der Waals surface area contributed by atoms with Crippen molar-refractivity contribution in [3.63, 3.8) is 0 Å². The third kappa shape index (κ3) is 3.77. The van der Waals surface area contributed by atoms with Gasteiger partial charge in [0, 0.05) is 17.8 Å². The molecule has 0 saturated carbocycles. The van der Waals surface area contributed by atoms with Crippen LogP contribution in [0, 0.1) is 6.92 Å². The zero-order chi connectivity index (χ0) is 18.0. The van der Waals surface area contributed by atoms with Gasteiger partial charge in [-0.15, -0.1) is 0 Å². The van der Waals surface area contributed by atoms with Crippen LogP contribution in [0.25, 0.3) is 0 Å². The van der Waals surface area contributed by atoms with Gasteiger partial charge in [0.15, 0.2) is 0 Å². The lowest BCUT2D eigenvalue weighted by molar-refractivity contribution is -0.119. The van der Waals surface area contributed by atoms with Gasteiger partial charge < -0.3 is 10.2 Å². The number of anilines is 1. The van der Waals surface area contributed by atoms with Crippen LogP contribution in [0.4, 0.5) is 5.69 Å². The monoisotopic (exact) mass is 336 g/mol. The number of fused-ring (bicyclic) bond motifs is 1. The van der Waals surface area contributed by atoms with E-state index in [0.717, 1.165) is 12.1 Å². The summed E-state index contributed by atoms with van der Waals surface area (Å²) in [6.07, 6.45) is 0.980. The molecule has 2 aromatic rings. The number of nitrogens with zero attached hydrogens (tertiary/aromatic N) is 1. The largest absolute Gasteiger partial charge is 0.305 e. The summed E-state index contributed by atoms with van der Waals surface area (Å²) in [4.78, 5) is 15.0. The molecule has 1 aliphatic rings. The molecule has 1 heterocycles. The SMILES string of the molecule is Cc1ccc2c(c1)C(C)CC(C)(C)N2C(=O)CNCc1ccccc1. The third-order valence-electron chi connectivity index (χ3n) is 5.06. The first-order chi connectivity index (χ1) is 11.9. The molecule has 0 radical (unpaired) electrons. The second-order valence-corrected chi connectivity index (χ2v) is 7.80. The molecule has 0 spiro atoms. The smallest absolute Gasteiger partial charge is 0.241 e. The Balaban J connectivity index is 1.77. The van der Waals surface area contributed by atoms with E-state index in [4.69, 9.17) is 0 Å². The van der Waals surface area contributed by atoms with Crippen molar-refractivity contribution in [2.75, 3.05) is 11.4 Å². The maximum absolute atomic E-state index is 13.0. The first-order valence-electron chi connectivity index (χ1n) is 9.07. The molecule has 2 aromatic carbocycles. The fourth-order valence-corrected chi connectivity index (χ4v) is 4.01. The summed E-state index contributed by atoms with van der Waals surface area (Å²) in [5.41, 5.74) is 4.63. The van der Waals surface area contributed by atoms with Gasteiger partial charge in [-0.05, 0) is 50.3 Å². The molecule has 0 aromatic heterocycles. The molecule has 0 aliphatic carbocycles. The van der Waals surface area contributed by atoms with Crippen molar-refractivity contribution >= 4 is 11.6 Å². The Morgan fingerprint density at radius 1 is 1.20 bits per heavy atom. The number of carbonyl (C=O) groups excluding carboxylic acids is 1. The summed E-state index contributed by atoms with van der Waals surface area (Å²) in [6, 6.07) is 16.6. The minimum atomic E-state index is -0.173. The van der Waals surface area contributed by atoms with Crippen molar-refractivity contribution in [2.45, 2.75) is 52.1 Å². The number of hydrogen-bond acceptors (Lipinski definition) is 2. The van der Waals surface area contributed by atoms with E-state index in [1.807, 2.05) is 23.1 Å². The highest BCUT2D eigenvalue weighted by Crippen LogP contribution is 2.43. The molecular weight excluding hydrogens is 308 g/mol. The van der Waals surface area contributed by atoms with Gasteiger partial charge in [-0.3, -0.25) is 4.79 Å². The molecule has 0 fully saturated rings. The van der Waals surface area contributed by atoms with E-state index in [0.29, 0.717) is 19.0 Å². The summed E-state index contributed by atoms with van der Waals surface area (Å²) in [6.45, 7) is 9.76. The summed E-state index contributed by atoms with van der Waals surface area (Å²) in [7, 11) is 0. The highest BCUT2D eigenvalue weighted by atomic mass is 16.2. The minimum Gasteiger partial charge on any atom is -0.305 e. The van der Waals surface area contributed by atoms with Crippen molar-refractivity contribution in [1.82, 2.24) is 5.32 Å². The predicted octanol–water partition coefficient (Wildman–Crippen LogP) is 4.40. The molecule has 0 saturated heterocycles. The van der Waals surface area contributed by atoms with Gasteiger partial charge in [-0.2, -0.15) is 0 Å². The Morgan fingerprint density at radius 3 is 2.64 bits per heavy atom. The second-order valence-electron chi connectivity index (χ2n) is 7.80. The molecule has 1 unspecified atom stereocenters. The van der Waals surface area contributed by atoms with Crippen LogP contribution in [-0.2, 0) is 11.3 Å². The summed E-state index contributed by atoms with van der Waals surface area (Å²) >= 11 is 0. The van der Waals surface area contributed by atoms with Crippen LogP contribution in [-0.4, -0.2) is 18.0 Å². The van der Waals surface area contributed by atoms with Crippen LogP contribution in [0.3, 0.4) is 0 Å². The van der Waals surface area contributed by atoms with Crippen molar-refractivity contribution in [3.05, 3.63) is 65.2 Å². The fraction of sp³-hybridized carbons (Fsp3) is 0.409. The first-order valence-corrected chi connectivity index (χ1v) is 9.07. The van der Waals surface area contributed by atoms with E-state index in [2.05, 4.69) is 63.3 Å². The number of nitrogens with one attached hydrogen (secondary N) is 1. The molecule has 1 amide bonds. The molecular formula is C22H28N2O. The topological polar surface area (TPSA) is 32.3 Å². The molecule has 3 rings (SSSR count). The molecule has 1 N–H and O–H groups in total. The molecule has 3 nitrogen and oxygen atoms in total. The average molecular weight is 336 g/mol.